The molecule has 0 aliphatic carbocycles. The Hall–Kier alpha value is -4.14. The van der Waals surface area contributed by atoms with Crippen molar-refractivity contribution < 1.29 is 24.2 Å². The van der Waals surface area contributed by atoms with Crippen molar-refractivity contribution in [3.8, 4) is 0 Å². The highest BCUT2D eigenvalue weighted by atomic mass is 16.5. The lowest BCUT2D eigenvalue weighted by Gasteiger charge is -2.30. The summed E-state index contributed by atoms with van der Waals surface area (Å²) in [6, 6.07) is 13.3. The fourth-order valence-electron chi connectivity index (χ4n) is 4.82. The molecule has 0 radical (unpaired) electrons. The number of aliphatic carboxylic acids is 1. The van der Waals surface area contributed by atoms with Crippen molar-refractivity contribution in [2.75, 3.05) is 6.61 Å². The van der Waals surface area contributed by atoms with Gasteiger partial charge in [-0.15, -0.1) is 0 Å². The Balaban J connectivity index is 1.41. The smallest absolute Gasteiger partial charge is 0.336 e. The zero-order valence-corrected chi connectivity index (χ0v) is 20.9. The minimum atomic E-state index is -1.01. The molecule has 192 valence electrons. The van der Waals surface area contributed by atoms with Gasteiger partial charge in [0.15, 0.2) is 0 Å². The molecule has 9 heteroatoms. The van der Waals surface area contributed by atoms with Crippen LogP contribution in [0.25, 0.3) is 0 Å². The van der Waals surface area contributed by atoms with E-state index in [-0.39, 0.29) is 12.5 Å². The van der Waals surface area contributed by atoms with E-state index in [1.54, 1.807) is 20.0 Å². The van der Waals surface area contributed by atoms with Crippen LogP contribution in [0.5, 0.6) is 0 Å². The minimum Gasteiger partial charge on any atom is -0.481 e. The SMILES string of the molecule is CC1=NC(C)=C(C(=O)OCCc2ccc(C3=NNC(=O)CC3)cc2)C(CCc2ccccn2)C1C(=O)O. The van der Waals surface area contributed by atoms with E-state index in [0.717, 1.165) is 22.5 Å². The number of carboxylic acid groups (broad SMARTS) is 1. The highest BCUT2D eigenvalue weighted by molar-refractivity contribution is 6.05. The lowest BCUT2D eigenvalue weighted by atomic mass is 9.77. The number of benzene rings is 1. The topological polar surface area (TPSA) is 130 Å². The number of allylic oxidation sites excluding steroid dienone is 1. The fraction of sp³-hybridized carbons (Fsp3) is 0.357. The lowest BCUT2D eigenvalue weighted by Crippen LogP contribution is -2.37. The van der Waals surface area contributed by atoms with Gasteiger partial charge in [0.2, 0.25) is 5.91 Å². The van der Waals surface area contributed by atoms with Crippen LogP contribution in [0.15, 0.2) is 70.0 Å². The van der Waals surface area contributed by atoms with Gasteiger partial charge < -0.3 is 9.84 Å². The highest BCUT2D eigenvalue weighted by Gasteiger charge is 2.40. The third-order valence-electron chi connectivity index (χ3n) is 6.70. The fourth-order valence-corrected chi connectivity index (χ4v) is 4.82. The van der Waals surface area contributed by atoms with Crippen LogP contribution in [-0.4, -0.2) is 46.0 Å². The number of aryl methyl sites for hydroxylation is 1. The number of esters is 1. The zero-order valence-electron chi connectivity index (χ0n) is 20.9. The van der Waals surface area contributed by atoms with Gasteiger partial charge in [0.05, 0.1) is 17.9 Å². The van der Waals surface area contributed by atoms with Crippen molar-refractivity contribution in [2.24, 2.45) is 21.9 Å². The van der Waals surface area contributed by atoms with Crippen LogP contribution >= 0.6 is 0 Å². The summed E-state index contributed by atoms with van der Waals surface area (Å²) < 4.78 is 5.61. The van der Waals surface area contributed by atoms with E-state index in [2.05, 4.69) is 20.5 Å². The minimum absolute atomic E-state index is 0.0833. The summed E-state index contributed by atoms with van der Waals surface area (Å²) in [5.41, 5.74) is 7.38. The molecule has 9 nitrogen and oxygen atoms in total. The molecule has 2 atom stereocenters. The predicted octanol–water partition coefficient (Wildman–Crippen LogP) is 3.48. The van der Waals surface area contributed by atoms with E-state index in [1.807, 2.05) is 42.5 Å². The van der Waals surface area contributed by atoms with Crippen LogP contribution < -0.4 is 5.43 Å². The Kier molecular flexibility index (Phi) is 8.22. The van der Waals surface area contributed by atoms with Crippen LogP contribution in [-0.2, 0) is 32.0 Å². The number of aliphatic imine (C=N–C) groups is 1. The van der Waals surface area contributed by atoms with Crippen molar-refractivity contribution >= 4 is 29.3 Å². The molecule has 1 aromatic heterocycles. The Labute approximate surface area is 215 Å². The second-order valence-electron chi connectivity index (χ2n) is 9.21. The van der Waals surface area contributed by atoms with Gasteiger partial charge >= 0.3 is 11.9 Å². The number of pyridine rings is 1. The monoisotopic (exact) mass is 502 g/mol. The van der Waals surface area contributed by atoms with Crippen molar-refractivity contribution in [1.82, 2.24) is 10.4 Å². The first-order valence-corrected chi connectivity index (χ1v) is 12.3. The molecule has 0 fully saturated rings. The molecule has 2 N–H and O–H groups in total. The number of hydrogen-bond acceptors (Lipinski definition) is 7. The average molecular weight is 503 g/mol. The van der Waals surface area contributed by atoms with Crippen LogP contribution in [0.2, 0.25) is 0 Å². The molecule has 4 rings (SSSR count). The molecule has 2 aromatic rings. The Bertz CT molecular complexity index is 1270. The van der Waals surface area contributed by atoms with E-state index < -0.39 is 23.8 Å². The van der Waals surface area contributed by atoms with Crippen molar-refractivity contribution in [3.63, 3.8) is 0 Å². The van der Waals surface area contributed by atoms with Crippen LogP contribution in [0.4, 0.5) is 0 Å². The number of ether oxygens (including phenoxy) is 1. The number of amides is 1. The van der Waals surface area contributed by atoms with E-state index in [0.29, 0.717) is 49.1 Å². The number of carbonyl (C=O) groups is 3. The number of nitrogens with one attached hydrogen (secondary N) is 1. The molecule has 0 spiro atoms. The summed E-state index contributed by atoms with van der Waals surface area (Å²) in [6.45, 7) is 3.56. The Morgan fingerprint density at radius 2 is 1.86 bits per heavy atom. The normalized spacial score (nSPS) is 19.6. The maximum absolute atomic E-state index is 13.2. The number of hydrazone groups is 1. The largest absolute Gasteiger partial charge is 0.481 e. The van der Waals surface area contributed by atoms with Crippen molar-refractivity contribution in [3.05, 3.63) is 76.8 Å². The van der Waals surface area contributed by atoms with Gasteiger partial charge in [-0.25, -0.2) is 10.2 Å². The van der Waals surface area contributed by atoms with Gasteiger partial charge in [-0.05, 0) is 49.9 Å². The number of nitrogens with zero attached hydrogens (tertiary/aromatic N) is 3. The molecule has 0 saturated heterocycles. The Morgan fingerprint density at radius 3 is 2.51 bits per heavy atom. The van der Waals surface area contributed by atoms with Gasteiger partial charge in [-0.1, -0.05) is 30.3 Å². The maximum Gasteiger partial charge on any atom is 0.336 e. The number of hydrogen-bond donors (Lipinski definition) is 2. The molecular weight excluding hydrogens is 472 g/mol. The van der Waals surface area contributed by atoms with Crippen molar-refractivity contribution in [2.45, 2.75) is 46.0 Å². The third kappa shape index (κ3) is 6.35. The number of rotatable bonds is 9. The number of carboxylic acids is 1. The molecule has 0 saturated carbocycles. The summed E-state index contributed by atoms with van der Waals surface area (Å²) in [7, 11) is 0. The first-order valence-electron chi connectivity index (χ1n) is 12.3. The summed E-state index contributed by atoms with van der Waals surface area (Å²) in [6.07, 6.45) is 4.19. The van der Waals surface area contributed by atoms with Gasteiger partial charge in [0.1, 0.15) is 5.92 Å². The molecule has 3 heterocycles. The summed E-state index contributed by atoms with van der Waals surface area (Å²) in [5.74, 6) is -3.07. The van der Waals surface area contributed by atoms with Gasteiger partial charge in [0.25, 0.3) is 0 Å². The first kappa shape index (κ1) is 25.9. The predicted molar refractivity (Wildman–Crippen MR) is 138 cm³/mol. The molecule has 2 aliphatic heterocycles. The second kappa shape index (κ2) is 11.7. The molecule has 2 aliphatic rings. The van der Waals surface area contributed by atoms with Crippen LogP contribution in [0, 0.1) is 11.8 Å². The molecular formula is C28H30N4O5. The lowest BCUT2D eigenvalue weighted by molar-refractivity contribution is -0.142. The summed E-state index contributed by atoms with van der Waals surface area (Å²) in [5, 5.41) is 14.0. The summed E-state index contributed by atoms with van der Waals surface area (Å²) in [4.78, 5) is 45.3. The van der Waals surface area contributed by atoms with Gasteiger partial charge in [0, 0.05) is 48.5 Å². The van der Waals surface area contributed by atoms with Crippen molar-refractivity contribution in [1.29, 1.82) is 0 Å². The Morgan fingerprint density at radius 1 is 1.08 bits per heavy atom. The van der Waals surface area contributed by atoms with Crippen LogP contribution in [0.3, 0.4) is 0 Å². The standard InChI is InChI=1S/C28H30N4O5/c1-17-25(27(34)35)22(11-10-21-5-3-4-15-29-21)26(18(2)30-17)28(36)37-16-14-19-6-8-20(9-7-19)23-12-13-24(33)32-31-23/h3-9,15,22,25H,10-14,16H2,1-2H3,(H,32,33)(H,34,35). The average Bonchev–Trinajstić information content (AvgIpc) is 2.88. The molecule has 2 unspecified atom stereocenters. The number of carbonyl (C=O) groups excluding carboxylic acids is 2. The van der Waals surface area contributed by atoms with E-state index >= 15 is 0 Å². The maximum atomic E-state index is 13.2. The van der Waals surface area contributed by atoms with E-state index in [1.165, 1.54) is 0 Å². The molecule has 0 bridgehead atoms. The van der Waals surface area contributed by atoms with Gasteiger partial charge in [-0.3, -0.25) is 19.6 Å². The van der Waals surface area contributed by atoms with Crippen LogP contribution in [0.1, 0.15) is 49.9 Å². The molecule has 1 aromatic carbocycles. The number of aromatic nitrogens is 1. The molecule has 37 heavy (non-hydrogen) atoms. The molecule has 1 amide bonds. The van der Waals surface area contributed by atoms with E-state index in [4.69, 9.17) is 4.74 Å². The zero-order chi connectivity index (χ0) is 26.4. The highest BCUT2D eigenvalue weighted by Crippen LogP contribution is 2.35. The third-order valence-corrected chi connectivity index (χ3v) is 6.70. The quantitative estimate of drug-likeness (QED) is 0.505. The first-order chi connectivity index (χ1) is 17.8. The summed E-state index contributed by atoms with van der Waals surface area (Å²) >= 11 is 0. The second-order valence-corrected chi connectivity index (χ2v) is 9.21. The van der Waals surface area contributed by atoms with Gasteiger partial charge in [-0.2, -0.15) is 5.10 Å². The van der Waals surface area contributed by atoms with E-state index in [9.17, 15) is 19.5 Å².